The molecule has 4 rings (SSSR count). The first-order valence-electron chi connectivity index (χ1n) is 7.34. The van der Waals surface area contributed by atoms with Gasteiger partial charge in [0.15, 0.2) is 0 Å². The van der Waals surface area contributed by atoms with Crippen molar-refractivity contribution >= 4 is 11.6 Å². The lowest BCUT2D eigenvalue weighted by molar-refractivity contribution is -0.131. The Morgan fingerprint density at radius 1 is 1.45 bits per heavy atom. The molecule has 1 amide bonds. The summed E-state index contributed by atoms with van der Waals surface area (Å²) in [6, 6.07) is 3.99. The Bertz CT molecular complexity index is 849. The molecule has 3 aromatic heterocycles. The number of imidazole rings is 1. The smallest absolute Gasteiger partial charge is 0.228 e. The molecule has 0 saturated heterocycles. The molecule has 0 aromatic carbocycles. The van der Waals surface area contributed by atoms with Gasteiger partial charge in [0.25, 0.3) is 0 Å². The second-order valence-electron chi connectivity index (χ2n) is 5.66. The molecule has 0 N–H and O–H groups in total. The lowest BCUT2D eigenvalue weighted by atomic mass is 10.1. The molecule has 1 aliphatic rings. The zero-order chi connectivity index (χ0) is 15.1. The van der Waals surface area contributed by atoms with Gasteiger partial charge in [0.05, 0.1) is 24.4 Å². The summed E-state index contributed by atoms with van der Waals surface area (Å²) in [7, 11) is 0. The van der Waals surface area contributed by atoms with Crippen molar-refractivity contribution in [3.63, 3.8) is 0 Å². The molecule has 0 unspecified atom stereocenters. The first kappa shape index (κ1) is 13.1. The van der Waals surface area contributed by atoms with Crippen LogP contribution < -0.4 is 0 Å². The molecule has 0 fully saturated rings. The Morgan fingerprint density at radius 3 is 3.27 bits per heavy atom. The van der Waals surface area contributed by atoms with E-state index >= 15 is 0 Å². The molecule has 1 aliphatic heterocycles. The predicted molar refractivity (Wildman–Crippen MR) is 79.3 cm³/mol. The highest BCUT2D eigenvalue weighted by atomic mass is 16.5. The SMILES string of the molecule is Cc1cccn2c(CC(=O)N3CCc4nocc4C3)cnc12. The minimum Gasteiger partial charge on any atom is -0.364 e. The van der Waals surface area contributed by atoms with Crippen molar-refractivity contribution in [2.75, 3.05) is 6.54 Å². The molecule has 4 heterocycles. The van der Waals surface area contributed by atoms with Gasteiger partial charge in [0.2, 0.25) is 5.91 Å². The Kier molecular flexibility index (Phi) is 2.96. The maximum Gasteiger partial charge on any atom is 0.228 e. The van der Waals surface area contributed by atoms with Gasteiger partial charge >= 0.3 is 0 Å². The monoisotopic (exact) mass is 296 g/mol. The minimum absolute atomic E-state index is 0.107. The van der Waals surface area contributed by atoms with Crippen LogP contribution in [0.15, 0.2) is 35.3 Å². The molecule has 0 saturated carbocycles. The highest BCUT2D eigenvalue weighted by Gasteiger charge is 2.23. The molecule has 0 bridgehead atoms. The lowest BCUT2D eigenvalue weighted by Gasteiger charge is -2.25. The molecule has 0 atom stereocenters. The van der Waals surface area contributed by atoms with Crippen LogP contribution in [-0.4, -0.2) is 31.9 Å². The van der Waals surface area contributed by atoms with Crippen molar-refractivity contribution in [3.05, 3.63) is 53.3 Å². The zero-order valence-electron chi connectivity index (χ0n) is 12.3. The van der Waals surface area contributed by atoms with Gasteiger partial charge in [0, 0.05) is 30.9 Å². The molecule has 6 heteroatoms. The number of nitrogens with zero attached hydrogens (tertiary/aromatic N) is 4. The number of rotatable bonds is 2. The number of amides is 1. The van der Waals surface area contributed by atoms with Crippen LogP contribution >= 0.6 is 0 Å². The average Bonchev–Trinajstić information content (AvgIpc) is 3.14. The molecule has 0 aliphatic carbocycles. The third-order valence-electron chi connectivity index (χ3n) is 4.20. The van der Waals surface area contributed by atoms with Crippen LogP contribution in [0.1, 0.15) is 22.5 Å². The molecule has 6 nitrogen and oxygen atoms in total. The van der Waals surface area contributed by atoms with E-state index in [-0.39, 0.29) is 5.91 Å². The molecule has 22 heavy (non-hydrogen) atoms. The van der Waals surface area contributed by atoms with Crippen LogP contribution in [0.2, 0.25) is 0 Å². The van der Waals surface area contributed by atoms with E-state index in [1.54, 1.807) is 12.5 Å². The van der Waals surface area contributed by atoms with Crippen LogP contribution in [0.5, 0.6) is 0 Å². The zero-order valence-corrected chi connectivity index (χ0v) is 12.3. The molecule has 0 spiro atoms. The van der Waals surface area contributed by atoms with E-state index in [1.165, 1.54) is 0 Å². The maximum atomic E-state index is 12.6. The van der Waals surface area contributed by atoms with Gasteiger partial charge in [0.1, 0.15) is 11.9 Å². The Morgan fingerprint density at radius 2 is 2.36 bits per heavy atom. The minimum atomic E-state index is 0.107. The highest BCUT2D eigenvalue weighted by molar-refractivity contribution is 5.79. The summed E-state index contributed by atoms with van der Waals surface area (Å²) in [6.07, 6.45) is 6.47. The number of fused-ring (bicyclic) bond motifs is 2. The van der Waals surface area contributed by atoms with Crippen molar-refractivity contribution < 1.29 is 9.32 Å². The van der Waals surface area contributed by atoms with Crippen LogP contribution in [0.3, 0.4) is 0 Å². The number of aryl methyl sites for hydroxylation is 1. The number of pyridine rings is 1. The Labute approximate surface area is 127 Å². The topological polar surface area (TPSA) is 63.6 Å². The van der Waals surface area contributed by atoms with Crippen molar-refractivity contribution in [1.82, 2.24) is 19.4 Å². The molecule has 112 valence electrons. The third-order valence-corrected chi connectivity index (χ3v) is 4.20. The van der Waals surface area contributed by atoms with Crippen molar-refractivity contribution in [2.24, 2.45) is 0 Å². The third kappa shape index (κ3) is 2.07. The van der Waals surface area contributed by atoms with Gasteiger partial charge in [-0.3, -0.25) is 4.79 Å². The van der Waals surface area contributed by atoms with E-state index in [0.717, 1.165) is 34.6 Å². The van der Waals surface area contributed by atoms with E-state index in [1.807, 2.05) is 34.6 Å². The first-order chi connectivity index (χ1) is 10.7. The first-order valence-corrected chi connectivity index (χ1v) is 7.34. The Hall–Kier alpha value is -2.63. The standard InChI is InChI=1S/C16H16N4O2/c1-11-3-2-5-20-13(8-17-16(11)20)7-15(21)19-6-4-14-12(9-19)10-22-18-14/h2-3,5,8,10H,4,6-7,9H2,1H3. The summed E-state index contributed by atoms with van der Waals surface area (Å²) < 4.78 is 6.96. The van der Waals surface area contributed by atoms with Gasteiger partial charge < -0.3 is 13.8 Å². The van der Waals surface area contributed by atoms with E-state index in [0.29, 0.717) is 19.5 Å². The van der Waals surface area contributed by atoms with Gasteiger partial charge in [-0.05, 0) is 18.6 Å². The summed E-state index contributed by atoms with van der Waals surface area (Å²) in [5.74, 6) is 0.107. The lowest BCUT2D eigenvalue weighted by Crippen LogP contribution is -2.36. The van der Waals surface area contributed by atoms with Crippen LogP contribution in [0, 0.1) is 6.92 Å². The summed E-state index contributed by atoms with van der Waals surface area (Å²) in [5, 5.41) is 3.95. The highest BCUT2D eigenvalue weighted by Crippen LogP contribution is 2.19. The van der Waals surface area contributed by atoms with E-state index in [4.69, 9.17) is 4.52 Å². The molecular weight excluding hydrogens is 280 g/mol. The average molecular weight is 296 g/mol. The number of hydrogen-bond donors (Lipinski definition) is 0. The summed E-state index contributed by atoms with van der Waals surface area (Å²) in [4.78, 5) is 18.8. The van der Waals surface area contributed by atoms with Crippen LogP contribution in [0.4, 0.5) is 0 Å². The van der Waals surface area contributed by atoms with Crippen molar-refractivity contribution in [1.29, 1.82) is 0 Å². The van der Waals surface area contributed by atoms with Crippen LogP contribution in [-0.2, 0) is 24.2 Å². The summed E-state index contributed by atoms with van der Waals surface area (Å²) in [5.41, 5.74) is 4.90. The van der Waals surface area contributed by atoms with E-state index in [2.05, 4.69) is 10.1 Å². The van der Waals surface area contributed by atoms with Gasteiger partial charge in [-0.25, -0.2) is 4.98 Å². The van der Waals surface area contributed by atoms with Gasteiger partial charge in [-0.15, -0.1) is 0 Å². The quantitative estimate of drug-likeness (QED) is 0.723. The number of hydrogen-bond acceptors (Lipinski definition) is 4. The largest absolute Gasteiger partial charge is 0.364 e. The number of carbonyl (C=O) groups excluding carboxylic acids is 1. The normalized spacial score (nSPS) is 14.3. The fraction of sp³-hybridized carbons (Fsp3) is 0.312. The van der Waals surface area contributed by atoms with E-state index in [9.17, 15) is 4.79 Å². The second-order valence-corrected chi connectivity index (χ2v) is 5.66. The summed E-state index contributed by atoms with van der Waals surface area (Å²) >= 11 is 0. The van der Waals surface area contributed by atoms with Gasteiger partial charge in [-0.1, -0.05) is 11.2 Å². The fourth-order valence-electron chi connectivity index (χ4n) is 2.95. The molecule has 3 aromatic rings. The van der Waals surface area contributed by atoms with E-state index < -0.39 is 0 Å². The predicted octanol–water partition coefficient (Wildman–Crippen LogP) is 1.76. The van der Waals surface area contributed by atoms with Crippen molar-refractivity contribution in [3.8, 4) is 0 Å². The fourth-order valence-corrected chi connectivity index (χ4v) is 2.95. The van der Waals surface area contributed by atoms with Crippen molar-refractivity contribution in [2.45, 2.75) is 26.3 Å². The number of carbonyl (C=O) groups is 1. The van der Waals surface area contributed by atoms with Crippen LogP contribution in [0.25, 0.3) is 5.65 Å². The number of aromatic nitrogens is 3. The second kappa shape index (κ2) is 4.98. The molecular formula is C16H16N4O2. The Balaban J connectivity index is 1.56. The molecule has 0 radical (unpaired) electrons. The van der Waals surface area contributed by atoms with Gasteiger partial charge in [-0.2, -0.15) is 0 Å². The summed E-state index contributed by atoms with van der Waals surface area (Å²) in [6.45, 7) is 3.29. The maximum absolute atomic E-state index is 12.6.